The van der Waals surface area contributed by atoms with Crippen molar-refractivity contribution < 1.29 is 18.7 Å². The van der Waals surface area contributed by atoms with Gasteiger partial charge in [0.05, 0.1) is 18.2 Å². The van der Waals surface area contributed by atoms with Crippen molar-refractivity contribution in [2.24, 2.45) is 0 Å². The van der Waals surface area contributed by atoms with E-state index < -0.39 is 17.7 Å². The van der Waals surface area contributed by atoms with Crippen LogP contribution in [0.3, 0.4) is 0 Å². The maximum Gasteiger partial charge on any atom is 0.341 e. The largest absolute Gasteiger partial charge is 0.465 e. The van der Waals surface area contributed by atoms with Gasteiger partial charge in [0.2, 0.25) is 0 Å². The lowest BCUT2D eigenvalue weighted by Gasteiger charge is -2.10. The smallest absolute Gasteiger partial charge is 0.341 e. The van der Waals surface area contributed by atoms with Crippen LogP contribution in [-0.2, 0) is 4.74 Å². The van der Waals surface area contributed by atoms with E-state index in [2.05, 4.69) is 10.3 Å². The van der Waals surface area contributed by atoms with Gasteiger partial charge in [0.1, 0.15) is 16.4 Å². The van der Waals surface area contributed by atoms with Crippen LogP contribution in [0, 0.1) is 12.7 Å². The van der Waals surface area contributed by atoms with Crippen molar-refractivity contribution >= 4 is 50.7 Å². The summed E-state index contributed by atoms with van der Waals surface area (Å²) in [6, 6.07) is 12.7. The first-order valence-electron chi connectivity index (χ1n) is 9.21. The molecule has 0 aliphatic carbocycles. The molecule has 0 bridgehead atoms. The van der Waals surface area contributed by atoms with Crippen LogP contribution in [0.1, 0.15) is 26.4 Å². The maximum atomic E-state index is 13.8. The van der Waals surface area contributed by atoms with E-state index in [1.54, 1.807) is 42.6 Å². The topological polar surface area (TPSA) is 68.3 Å². The summed E-state index contributed by atoms with van der Waals surface area (Å²) < 4.78 is 18.8. The Balaban J connectivity index is 1.77. The van der Waals surface area contributed by atoms with Gasteiger partial charge in [-0.05, 0) is 48.9 Å². The van der Waals surface area contributed by atoms with E-state index in [4.69, 9.17) is 16.3 Å². The number of aryl methyl sites for hydroxylation is 1. The molecule has 0 fully saturated rings. The number of nitrogens with one attached hydrogen (secondary N) is 1. The van der Waals surface area contributed by atoms with Crippen molar-refractivity contribution in [2.75, 3.05) is 12.4 Å². The SMILES string of the molecule is COC(=O)c1c(-c2ccc(Cl)cc2)csc1NC(=O)c1cc(C)nc2ccc(F)cc12. The zero-order chi connectivity index (χ0) is 22.1. The first kappa shape index (κ1) is 21.0. The molecular weight excluding hydrogens is 439 g/mol. The number of carbonyl (C=O) groups is 2. The summed E-state index contributed by atoms with van der Waals surface area (Å²) in [4.78, 5) is 30.0. The van der Waals surface area contributed by atoms with Crippen LogP contribution >= 0.6 is 22.9 Å². The van der Waals surface area contributed by atoms with Gasteiger partial charge < -0.3 is 10.1 Å². The molecule has 0 radical (unpaired) electrons. The zero-order valence-corrected chi connectivity index (χ0v) is 18.1. The Labute approximate surface area is 186 Å². The second-order valence-corrected chi connectivity index (χ2v) is 8.09. The highest BCUT2D eigenvalue weighted by Crippen LogP contribution is 2.37. The van der Waals surface area contributed by atoms with E-state index >= 15 is 0 Å². The Morgan fingerprint density at radius 3 is 2.58 bits per heavy atom. The molecule has 2 aromatic heterocycles. The Morgan fingerprint density at radius 2 is 1.87 bits per heavy atom. The van der Waals surface area contributed by atoms with E-state index in [1.165, 1.54) is 36.6 Å². The number of hydrogen-bond donors (Lipinski definition) is 1. The quantitative estimate of drug-likeness (QED) is 0.378. The summed E-state index contributed by atoms with van der Waals surface area (Å²) in [6.45, 7) is 1.75. The number of amides is 1. The fourth-order valence-electron chi connectivity index (χ4n) is 3.29. The molecule has 0 aliphatic heterocycles. The lowest BCUT2D eigenvalue weighted by Crippen LogP contribution is -2.15. The summed E-state index contributed by atoms with van der Waals surface area (Å²) in [7, 11) is 1.28. The molecule has 0 spiro atoms. The third-order valence-electron chi connectivity index (χ3n) is 4.71. The summed E-state index contributed by atoms with van der Waals surface area (Å²) in [5.74, 6) is -1.53. The maximum absolute atomic E-state index is 13.8. The van der Waals surface area contributed by atoms with Crippen molar-refractivity contribution in [2.45, 2.75) is 6.92 Å². The average molecular weight is 455 g/mol. The molecule has 2 aromatic carbocycles. The minimum absolute atomic E-state index is 0.240. The van der Waals surface area contributed by atoms with Gasteiger partial charge in [-0.1, -0.05) is 23.7 Å². The third kappa shape index (κ3) is 4.15. The number of anilines is 1. The number of methoxy groups -OCH3 is 1. The lowest BCUT2D eigenvalue weighted by molar-refractivity contribution is 0.0603. The highest BCUT2D eigenvalue weighted by atomic mass is 35.5. The molecule has 2 heterocycles. The fraction of sp³-hybridized carbons (Fsp3) is 0.0870. The molecule has 1 N–H and O–H groups in total. The first-order chi connectivity index (χ1) is 14.9. The summed E-state index contributed by atoms with van der Waals surface area (Å²) in [5, 5.41) is 5.84. The predicted octanol–water partition coefficient (Wildman–Crippen LogP) is 6.10. The number of ether oxygens (including phenoxy) is 1. The Morgan fingerprint density at radius 1 is 1.13 bits per heavy atom. The number of halogens is 2. The van der Waals surface area contributed by atoms with Crippen molar-refractivity contribution in [3.8, 4) is 11.1 Å². The number of nitrogens with zero attached hydrogens (tertiary/aromatic N) is 1. The van der Waals surface area contributed by atoms with Crippen LogP contribution in [0.5, 0.6) is 0 Å². The van der Waals surface area contributed by atoms with Gasteiger partial charge in [-0.15, -0.1) is 11.3 Å². The molecular formula is C23H16ClFN2O3S. The van der Waals surface area contributed by atoms with Gasteiger partial charge in [0.15, 0.2) is 0 Å². The average Bonchev–Trinajstić information content (AvgIpc) is 3.16. The van der Waals surface area contributed by atoms with Crippen LogP contribution < -0.4 is 5.32 Å². The normalized spacial score (nSPS) is 10.8. The number of aromatic nitrogens is 1. The van der Waals surface area contributed by atoms with Crippen molar-refractivity contribution in [3.05, 3.63) is 81.6 Å². The molecule has 0 unspecified atom stereocenters. The summed E-state index contributed by atoms with van der Waals surface area (Å²) in [6.07, 6.45) is 0. The summed E-state index contributed by atoms with van der Waals surface area (Å²) in [5.41, 5.74) is 3.00. The molecule has 4 aromatic rings. The van der Waals surface area contributed by atoms with Gasteiger partial charge in [-0.2, -0.15) is 0 Å². The van der Waals surface area contributed by atoms with Crippen LogP contribution in [-0.4, -0.2) is 24.0 Å². The van der Waals surface area contributed by atoms with E-state index in [9.17, 15) is 14.0 Å². The fourth-order valence-corrected chi connectivity index (χ4v) is 4.36. The molecule has 1 amide bonds. The number of pyridine rings is 1. The standard InChI is InChI=1S/C23H16ClFN2O3S/c1-12-9-17(16-10-15(25)7-8-19(16)26-12)21(28)27-22-20(23(29)30-2)18(11-31-22)13-3-5-14(24)6-4-13/h3-11H,1-2H3,(H,27,28). The highest BCUT2D eigenvalue weighted by Gasteiger charge is 2.23. The minimum Gasteiger partial charge on any atom is -0.465 e. The molecule has 156 valence electrons. The number of hydrogen-bond acceptors (Lipinski definition) is 5. The number of esters is 1. The minimum atomic E-state index is -0.580. The number of thiophene rings is 1. The molecule has 8 heteroatoms. The van der Waals surface area contributed by atoms with E-state index in [0.29, 0.717) is 32.2 Å². The molecule has 0 saturated heterocycles. The number of carbonyl (C=O) groups excluding carboxylic acids is 2. The molecule has 31 heavy (non-hydrogen) atoms. The van der Waals surface area contributed by atoms with Crippen LogP contribution in [0.2, 0.25) is 5.02 Å². The summed E-state index contributed by atoms with van der Waals surface area (Å²) >= 11 is 7.16. The van der Waals surface area contributed by atoms with Crippen molar-refractivity contribution in [1.82, 2.24) is 4.98 Å². The van der Waals surface area contributed by atoms with Gasteiger partial charge in [-0.25, -0.2) is 9.18 Å². The second kappa shape index (κ2) is 8.45. The molecule has 4 rings (SSSR count). The monoisotopic (exact) mass is 454 g/mol. The number of rotatable bonds is 4. The second-order valence-electron chi connectivity index (χ2n) is 6.78. The molecule has 0 saturated carbocycles. The van der Waals surface area contributed by atoms with Gasteiger partial charge in [0.25, 0.3) is 5.91 Å². The molecule has 5 nitrogen and oxygen atoms in total. The van der Waals surface area contributed by atoms with Crippen LogP contribution in [0.4, 0.5) is 9.39 Å². The number of fused-ring (bicyclic) bond motifs is 1. The van der Waals surface area contributed by atoms with Gasteiger partial charge in [0, 0.05) is 27.0 Å². The predicted molar refractivity (Wildman–Crippen MR) is 120 cm³/mol. The first-order valence-corrected chi connectivity index (χ1v) is 10.5. The van der Waals surface area contributed by atoms with Gasteiger partial charge >= 0.3 is 5.97 Å². The van der Waals surface area contributed by atoms with Crippen molar-refractivity contribution in [3.63, 3.8) is 0 Å². The lowest BCUT2D eigenvalue weighted by atomic mass is 10.0. The Bertz CT molecular complexity index is 1320. The molecule has 0 atom stereocenters. The van der Waals surface area contributed by atoms with Gasteiger partial charge in [-0.3, -0.25) is 9.78 Å². The Kier molecular flexibility index (Phi) is 5.71. The van der Waals surface area contributed by atoms with E-state index in [0.717, 1.165) is 5.56 Å². The number of benzene rings is 2. The van der Waals surface area contributed by atoms with E-state index in [-0.39, 0.29) is 11.1 Å². The van der Waals surface area contributed by atoms with Crippen molar-refractivity contribution in [1.29, 1.82) is 0 Å². The third-order valence-corrected chi connectivity index (χ3v) is 5.85. The van der Waals surface area contributed by atoms with Crippen LogP contribution in [0.25, 0.3) is 22.0 Å². The zero-order valence-electron chi connectivity index (χ0n) is 16.5. The Hall–Kier alpha value is -3.29. The molecule has 0 aliphatic rings. The highest BCUT2D eigenvalue weighted by molar-refractivity contribution is 7.15. The van der Waals surface area contributed by atoms with Crippen LogP contribution in [0.15, 0.2) is 53.9 Å². The van der Waals surface area contributed by atoms with E-state index in [1.807, 2.05) is 0 Å².